The van der Waals surface area contributed by atoms with E-state index >= 15 is 0 Å². The summed E-state index contributed by atoms with van der Waals surface area (Å²) in [6, 6.07) is 3.34. The molecule has 0 spiro atoms. The van der Waals surface area contributed by atoms with E-state index in [4.69, 9.17) is 0 Å². The molecule has 2 fully saturated rings. The van der Waals surface area contributed by atoms with Gasteiger partial charge in [-0.2, -0.15) is 13.2 Å². The van der Waals surface area contributed by atoms with Crippen molar-refractivity contribution >= 4 is 22.6 Å². The number of pyridine rings is 1. The second kappa shape index (κ2) is 6.86. The number of fused-ring (bicyclic) bond motifs is 2. The molecular formula is C22H20F5N7. The van der Waals surface area contributed by atoms with Crippen molar-refractivity contribution in [2.24, 2.45) is 5.41 Å². The third kappa shape index (κ3) is 3.30. The van der Waals surface area contributed by atoms with Crippen molar-refractivity contribution in [3.8, 4) is 11.1 Å². The van der Waals surface area contributed by atoms with Gasteiger partial charge in [-0.25, -0.2) is 28.2 Å². The van der Waals surface area contributed by atoms with Crippen LogP contribution < -0.4 is 5.32 Å². The quantitative estimate of drug-likeness (QED) is 0.402. The summed E-state index contributed by atoms with van der Waals surface area (Å²) in [5.74, 6) is -1.91. The molecule has 0 aromatic carbocycles. The molecule has 4 aromatic heterocycles. The lowest BCUT2D eigenvalue weighted by molar-refractivity contribution is -0.182. The molecule has 2 aliphatic rings. The van der Waals surface area contributed by atoms with E-state index in [0.717, 1.165) is 11.1 Å². The molecule has 0 unspecified atom stereocenters. The molecule has 6 rings (SSSR count). The monoisotopic (exact) mass is 477 g/mol. The number of anilines is 1. The molecule has 2 aliphatic carbocycles. The molecule has 1 N–H and O–H groups in total. The molecule has 7 nitrogen and oxygen atoms in total. The molecule has 0 radical (unpaired) electrons. The first-order chi connectivity index (χ1) is 16.1. The van der Waals surface area contributed by atoms with Crippen LogP contribution in [-0.2, 0) is 0 Å². The molecule has 0 bridgehead atoms. The zero-order valence-corrected chi connectivity index (χ0v) is 18.1. The van der Waals surface area contributed by atoms with Gasteiger partial charge in [-0.15, -0.1) is 5.10 Å². The van der Waals surface area contributed by atoms with Crippen LogP contribution in [0.3, 0.4) is 0 Å². The summed E-state index contributed by atoms with van der Waals surface area (Å²) in [6.07, 6.45) is 0.375. The Bertz CT molecular complexity index is 1410. The minimum absolute atomic E-state index is 0.101. The molecular weight excluding hydrogens is 457 g/mol. The largest absolute Gasteiger partial charge is 0.396 e. The number of hydrogen-bond donors (Lipinski definition) is 1. The Kier molecular flexibility index (Phi) is 4.28. The second-order valence-corrected chi connectivity index (χ2v) is 9.29. The Hall–Kier alpha value is -3.31. The van der Waals surface area contributed by atoms with Crippen molar-refractivity contribution in [3.05, 3.63) is 36.5 Å². The highest BCUT2D eigenvalue weighted by molar-refractivity contribution is 5.85. The van der Waals surface area contributed by atoms with Crippen molar-refractivity contribution in [2.45, 2.75) is 50.7 Å². The summed E-state index contributed by atoms with van der Waals surface area (Å²) >= 11 is 0. The molecule has 0 atom stereocenters. The fraction of sp³-hybridized carbons (Fsp3) is 0.455. The predicted octanol–water partition coefficient (Wildman–Crippen LogP) is 5.17. The van der Waals surface area contributed by atoms with Gasteiger partial charge in [-0.3, -0.25) is 0 Å². The third-order valence-electron chi connectivity index (χ3n) is 6.92. The lowest BCUT2D eigenvalue weighted by Gasteiger charge is -2.36. The molecule has 34 heavy (non-hydrogen) atoms. The highest BCUT2D eigenvalue weighted by Crippen LogP contribution is 2.57. The van der Waals surface area contributed by atoms with Crippen LogP contribution in [0.25, 0.3) is 27.8 Å². The normalized spacial score (nSPS) is 19.5. The lowest BCUT2D eigenvalue weighted by atomic mass is 9.87. The standard InChI is InChI=1S/C22H20F5N7/c1-12-31-18-16(34(12)14-7-21(23,24)8-14)6-13(9-28-18)15-2-5-33-17(15)10-29-19(32-33)30-11-20(3-4-20)22(25,26)27/h2,5-6,9-10,14H,3-4,7-8,11H2,1H3,(H,30,32). The van der Waals surface area contributed by atoms with Gasteiger partial charge in [0.05, 0.1) is 22.6 Å². The SMILES string of the molecule is Cc1nc2ncc(-c3ccn4nc(NCC5(C(F)(F)F)CC5)ncc34)cc2n1C1CC(F)(F)C1. The first-order valence-electron chi connectivity index (χ1n) is 10.9. The Morgan fingerprint density at radius 3 is 2.56 bits per heavy atom. The van der Waals surface area contributed by atoms with Crippen molar-refractivity contribution < 1.29 is 22.0 Å². The van der Waals surface area contributed by atoms with Gasteiger partial charge >= 0.3 is 6.18 Å². The Labute approximate surface area is 190 Å². The van der Waals surface area contributed by atoms with Gasteiger partial charge in [0.15, 0.2) is 5.65 Å². The van der Waals surface area contributed by atoms with E-state index in [1.807, 2.05) is 10.6 Å². The zero-order valence-electron chi connectivity index (χ0n) is 18.1. The Balaban J connectivity index is 1.30. The van der Waals surface area contributed by atoms with Gasteiger partial charge in [-0.1, -0.05) is 0 Å². The number of aromatic nitrogens is 6. The number of nitrogens with one attached hydrogen (secondary N) is 1. The van der Waals surface area contributed by atoms with E-state index in [-0.39, 0.29) is 44.2 Å². The minimum Gasteiger partial charge on any atom is -0.352 e. The molecule has 0 amide bonds. The van der Waals surface area contributed by atoms with Crippen LogP contribution in [0.1, 0.15) is 37.5 Å². The van der Waals surface area contributed by atoms with E-state index in [2.05, 4.69) is 25.4 Å². The van der Waals surface area contributed by atoms with Crippen molar-refractivity contribution in [3.63, 3.8) is 0 Å². The van der Waals surface area contributed by atoms with Crippen LogP contribution in [0, 0.1) is 12.3 Å². The van der Waals surface area contributed by atoms with Crippen LogP contribution in [-0.4, -0.2) is 47.8 Å². The van der Waals surface area contributed by atoms with Gasteiger partial charge in [0.2, 0.25) is 5.95 Å². The van der Waals surface area contributed by atoms with Crippen molar-refractivity contribution in [1.29, 1.82) is 0 Å². The number of halogens is 5. The van der Waals surface area contributed by atoms with Gasteiger partial charge in [0, 0.05) is 48.9 Å². The zero-order chi connectivity index (χ0) is 23.9. The second-order valence-electron chi connectivity index (χ2n) is 9.29. The van der Waals surface area contributed by atoms with Crippen LogP contribution in [0.2, 0.25) is 0 Å². The highest BCUT2D eigenvalue weighted by Gasteiger charge is 2.63. The molecule has 4 heterocycles. The summed E-state index contributed by atoms with van der Waals surface area (Å²) < 4.78 is 69.8. The highest BCUT2D eigenvalue weighted by atomic mass is 19.4. The van der Waals surface area contributed by atoms with E-state index in [0.29, 0.717) is 22.5 Å². The number of rotatable bonds is 5. The summed E-state index contributed by atoms with van der Waals surface area (Å²) in [5.41, 5.74) is 1.61. The summed E-state index contributed by atoms with van der Waals surface area (Å²) in [7, 11) is 0. The van der Waals surface area contributed by atoms with Crippen LogP contribution in [0.5, 0.6) is 0 Å². The van der Waals surface area contributed by atoms with Gasteiger partial charge in [-0.05, 0) is 31.9 Å². The summed E-state index contributed by atoms with van der Waals surface area (Å²) in [4.78, 5) is 13.0. The van der Waals surface area contributed by atoms with Crippen molar-refractivity contribution in [1.82, 2.24) is 29.1 Å². The van der Waals surface area contributed by atoms with E-state index in [1.165, 1.54) is 10.7 Å². The van der Waals surface area contributed by atoms with Gasteiger partial charge < -0.3 is 9.88 Å². The number of nitrogens with zero attached hydrogens (tertiary/aromatic N) is 6. The average Bonchev–Trinajstić information content (AvgIpc) is 3.34. The lowest BCUT2D eigenvalue weighted by Crippen LogP contribution is -2.37. The Morgan fingerprint density at radius 2 is 1.88 bits per heavy atom. The summed E-state index contributed by atoms with van der Waals surface area (Å²) in [5, 5.41) is 7.00. The number of alkyl halides is 5. The third-order valence-corrected chi connectivity index (χ3v) is 6.92. The van der Waals surface area contributed by atoms with Crippen molar-refractivity contribution in [2.75, 3.05) is 11.9 Å². The molecule has 0 aliphatic heterocycles. The van der Waals surface area contributed by atoms with Crippen LogP contribution in [0.4, 0.5) is 27.9 Å². The Morgan fingerprint density at radius 1 is 1.12 bits per heavy atom. The topological polar surface area (TPSA) is 72.9 Å². The first-order valence-corrected chi connectivity index (χ1v) is 10.9. The van der Waals surface area contributed by atoms with E-state index in [1.54, 1.807) is 25.4 Å². The maximum absolute atomic E-state index is 13.5. The molecule has 4 aromatic rings. The number of hydrogen-bond acceptors (Lipinski definition) is 5. The number of imidazole rings is 1. The minimum atomic E-state index is -4.25. The molecule has 12 heteroatoms. The fourth-order valence-corrected chi connectivity index (χ4v) is 4.70. The molecule has 2 saturated carbocycles. The molecule has 178 valence electrons. The first kappa shape index (κ1) is 21.2. The smallest absolute Gasteiger partial charge is 0.352 e. The summed E-state index contributed by atoms with van der Waals surface area (Å²) in [6.45, 7) is 1.51. The van der Waals surface area contributed by atoms with Gasteiger partial charge in [0.1, 0.15) is 5.82 Å². The van der Waals surface area contributed by atoms with E-state index in [9.17, 15) is 22.0 Å². The maximum Gasteiger partial charge on any atom is 0.396 e. The van der Waals surface area contributed by atoms with Crippen LogP contribution >= 0.6 is 0 Å². The van der Waals surface area contributed by atoms with Crippen LogP contribution in [0.15, 0.2) is 30.7 Å². The van der Waals surface area contributed by atoms with E-state index < -0.39 is 17.5 Å². The number of aryl methyl sites for hydroxylation is 1. The average molecular weight is 477 g/mol. The van der Waals surface area contributed by atoms with Gasteiger partial charge in [0.25, 0.3) is 5.92 Å². The fourth-order valence-electron chi connectivity index (χ4n) is 4.70. The predicted molar refractivity (Wildman–Crippen MR) is 114 cm³/mol. The molecule has 0 saturated heterocycles. The maximum atomic E-state index is 13.5.